The molecule has 0 unspecified atom stereocenters. The van der Waals surface area contributed by atoms with Gasteiger partial charge in [-0.1, -0.05) is 0 Å². The number of carbonyl (C=O) groups excluding carboxylic acids is 1. The predicted molar refractivity (Wildman–Crippen MR) is 96.2 cm³/mol. The number of amides is 1. The van der Waals surface area contributed by atoms with Crippen LogP contribution in [0.15, 0.2) is 24.9 Å². The molecule has 2 saturated carbocycles. The fourth-order valence-electron chi connectivity index (χ4n) is 4.05. The van der Waals surface area contributed by atoms with Crippen LogP contribution in [-0.4, -0.2) is 52.4 Å². The monoisotopic (exact) mass is 367 g/mol. The van der Waals surface area contributed by atoms with Crippen LogP contribution in [0.4, 0.5) is 0 Å². The number of nitrogens with zero attached hydrogens (tertiary/aromatic N) is 5. The molecule has 0 radical (unpaired) electrons. The number of imidazole rings is 1. The maximum absolute atomic E-state index is 12.9. The Morgan fingerprint density at radius 3 is 2.78 bits per heavy atom. The second-order valence-electron chi connectivity index (χ2n) is 7.60. The van der Waals surface area contributed by atoms with Crippen molar-refractivity contribution >= 4 is 16.9 Å². The van der Waals surface area contributed by atoms with Crippen LogP contribution in [-0.2, 0) is 0 Å². The summed E-state index contributed by atoms with van der Waals surface area (Å²) in [6.45, 7) is 0. The molecule has 27 heavy (non-hydrogen) atoms. The fourth-order valence-corrected chi connectivity index (χ4v) is 4.05. The van der Waals surface area contributed by atoms with Crippen LogP contribution in [0.1, 0.15) is 49.0 Å². The van der Waals surface area contributed by atoms with E-state index in [-0.39, 0.29) is 17.6 Å². The topological polar surface area (TPSA) is 122 Å². The summed E-state index contributed by atoms with van der Waals surface area (Å²) in [5.41, 5.74) is 0.962. The number of H-pyrrole nitrogens is 1. The van der Waals surface area contributed by atoms with Gasteiger partial charge in [0.15, 0.2) is 5.69 Å². The van der Waals surface area contributed by atoms with Gasteiger partial charge < -0.3 is 10.4 Å². The number of aromatic nitrogens is 6. The van der Waals surface area contributed by atoms with Gasteiger partial charge in [-0.25, -0.2) is 15.0 Å². The van der Waals surface area contributed by atoms with E-state index in [9.17, 15) is 9.90 Å². The molecule has 0 aliphatic heterocycles. The van der Waals surface area contributed by atoms with Gasteiger partial charge in [0.2, 0.25) is 5.95 Å². The third-order valence-electron chi connectivity index (χ3n) is 5.82. The molecule has 5 rings (SSSR count). The zero-order valence-electron chi connectivity index (χ0n) is 14.8. The number of aromatic amines is 1. The van der Waals surface area contributed by atoms with Crippen molar-refractivity contribution in [2.75, 3.05) is 0 Å². The van der Waals surface area contributed by atoms with Crippen molar-refractivity contribution in [3.8, 4) is 5.95 Å². The van der Waals surface area contributed by atoms with Gasteiger partial charge in [0.05, 0.1) is 11.8 Å². The minimum Gasteiger partial charge on any atom is -0.390 e. The number of rotatable bonds is 4. The molecule has 0 bridgehead atoms. The quantitative estimate of drug-likeness (QED) is 0.640. The fraction of sp³-hybridized carbons (Fsp3) is 0.500. The Balaban J connectivity index is 1.35. The van der Waals surface area contributed by atoms with Crippen LogP contribution >= 0.6 is 0 Å². The number of hydrogen-bond donors (Lipinski definition) is 3. The zero-order chi connectivity index (χ0) is 18.4. The summed E-state index contributed by atoms with van der Waals surface area (Å²) >= 11 is 0. The standard InChI is InChI=1S/C18H21N7O2/c26-16(21-12-3-1-11(2-4-12)18(27)5-6-18)15-14-13(9-20-24-14)22-17(23-15)25-8-7-19-10-25/h7-12,27H,1-6H2,(H,20,24)(H,21,26). The first-order chi connectivity index (χ1) is 13.1. The lowest BCUT2D eigenvalue weighted by Gasteiger charge is -2.32. The lowest BCUT2D eigenvalue weighted by Crippen LogP contribution is -2.40. The number of nitrogens with one attached hydrogen (secondary N) is 2. The van der Waals surface area contributed by atoms with E-state index in [0.29, 0.717) is 22.9 Å². The van der Waals surface area contributed by atoms with Crippen molar-refractivity contribution in [1.29, 1.82) is 0 Å². The van der Waals surface area contributed by atoms with Crippen LogP contribution in [0.3, 0.4) is 0 Å². The molecule has 0 aromatic carbocycles. The molecule has 1 amide bonds. The van der Waals surface area contributed by atoms with Crippen molar-refractivity contribution in [2.45, 2.75) is 50.2 Å². The lowest BCUT2D eigenvalue weighted by molar-refractivity contribution is 0.0541. The molecular formula is C18H21N7O2. The van der Waals surface area contributed by atoms with Gasteiger partial charge in [-0.15, -0.1) is 0 Å². The summed E-state index contributed by atoms with van der Waals surface area (Å²) in [6.07, 6.45) is 12.0. The van der Waals surface area contributed by atoms with Crippen LogP contribution in [0.2, 0.25) is 0 Å². The molecule has 9 nitrogen and oxygen atoms in total. The predicted octanol–water partition coefficient (Wildman–Crippen LogP) is 1.35. The van der Waals surface area contributed by atoms with Gasteiger partial charge in [0, 0.05) is 18.4 Å². The van der Waals surface area contributed by atoms with Crippen molar-refractivity contribution in [2.24, 2.45) is 5.92 Å². The Hall–Kier alpha value is -2.81. The van der Waals surface area contributed by atoms with Gasteiger partial charge in [-0.3, -0.25) is 14.5 Å². The average Bonchev–Trinajstić information content (AvgIpc) is 3.08. The molecule has 0 atom stereocenters. The van der Waals surface area contributed by atoms with Gasteiger partial charge in [0.1, 0.15) is 17.4 Å². The normalized spacial score (nSPS) is 24.0. The van der Waals surface area contributed by atoms with Crippen molar-refractivity contribution in [3.05, 3.63) is 30.6 Å². The molecule has 0 spiro atoms. The third-order valence-corrected chi connectivity index (χ3v) is 5.82. The summed E-state index contributed by atoms with van der Waals surface area (Å²) in [5, 5.41) is 20.2. The molecule has 0 saturated heterocycles. The number of aliphatic hydroxyl groups is 1. The smallest absolute Gasteiger partial charge is 0.272 e. The van der Waals surface area contributed by atoms with Gasteiger partial charge in [-0.2, -0.15) is 5.10 Å². The Bertz CT molecular complexity index is 969. The summed E-state index contributed by atoms with van der Waals surface area (Å²) in [7, 11) is 0. The van der Waals surface area contributed by atoms with Crippen molar-refractivity contribution in [3.63, 3.8) is 0 Å². The first kappa shape index (κ1) is 16.4. The van der Waals surface area contributed by atoms with E-state index in [4.69, 9.17) is 0 Å². The lowest BCUT2D eigenvalue weighted by atomic mass is 9.81. The van der Waals surface area contributed by atoms with E-state index in [2.05, 4.69) is 30.5 Å². The largest absolute Gasteiger partial charge is 0.390 e. The zero-order valence-corrected chi connectivity index (χ0v) is 14.8. The second kappa shape index (κ2) is 6.12. The van der Waals surface area contributed by atoms with E-state index in [1.54, 1.807) is 29.5 Å². The molecule has 3 heterocycles. The van der Waals surface area contributed by atoms with Crippen LogP contribution < -0.4 is 5.32 Å². The Morgan fingerprint density at radius 1 is 1.26 bits per heavy atom. The van der Waals surface area contributed by atoms with Gasteiger partial charge >= 0.3 is 0 Å². The first-order valence-electron chi connectivity index (χ1n) is 9.35. The summed E-state index contributed by atoms with van der Waals surface area (Å²) in [5.74, 6) is 0.518. The summed E-state index contributed by atoms with van der Waals surface area (Å²) in [4.78, 5) is 25.8. The van der Waals surface area contributed by atoms with Crippen LogP contribution in [0.5, 0.6) is 0 Å². The molecule has 3 aromatic rings. The van der Waals surface area contributed by atoms with E-state index in [1.165, 1.54) is 0 Å². The molecule has 2 aliphatic rings. The molecule has 3 N–H and O–H groups in total. The molecular weight excluding hydrogens is 346 g/mol. The number of carbonyl (C=O) groups is 1. The highest BCUT2D eigenvalue weighted by molar-refractivity contribution is 6.02. The minimum absolute atomic E-state index is 0.0979. The molecule has 9 heteroatoms. The highest BCUT2D eigenvalue weighted by Crippen LogP contribution is 2.48. The third kappa shape index (κ3) is 2.97. The van der Waals surface area contributed by atoms with E-state index < -0.39 is 5.60 Å². The molecule has 2 fully saturated rings. The number of fused-ring (bicyclic) bond motifs is 1. The van der Waals surface area contributed by atoms with E-state index >= 15 is 0 Å². The van der Waals surface area contributed by atoms with E-state index in [0.717, 1.165) is 38.5 Å². The van der Waals surface area contributed by atoms with Crippen molar-refractivity contribution < 1.29 is 9.90 Å². The maximum atomic E-state index is 12.9. The number of hydrogen-bond acceptors (Lipinski definition) is 6. The highest BCUT2D eigenvalue weighted by Gasteiger charge is 2.48. The molecule has 3 aromatic heterocycles. The van der Waals surface area contributed by atoms with Crippen LogP contribution in [0, 0.1) is 5.92 Å². The molecule has 2 aliphatic carbocycles. The van der Waals surface area contributed by atoms with Gasteiger partial charge in [0.25, 0.3) is 5.91 Å². The van der Waals surface area contributed by atoms with Gasteiger partial charge in [-0.05, 0) is 44.4 Å². The Kier molecular flexibility index (Phi) is 3.71. The average molecular weight is 367 g/mol. The minimum atomic E-state index is -0.427. The highest BCUT2D eigenvalue weighted by atomic mass is 16.3. The summed E-state index contributed by atoms with van der Waals surface area (Å²) < 4.78 is 1.66. The maximum Gasteiger partial charge on any atom is 0.272 e. The summed E-state index contributed by atoms with van der Waals surface area (Å²) in [6, 6.07) is 0.0979. The Morgan fingerprint density at radius 2 is 2.07 bits per heavy atom. The first-order valence-corrected chi connectivity index (χ1v) is 9.35. The molecule has 140 valence electrons. The Labute approximate surface area is 155 Å². The van der Waals surface area contributed by atoms with Crippen LogP contribution in [0.25, 0.3) is 17.0 Å². The van der Waals surface area contributed by atoms with Crippen molar-refractivity contribution in [1.82, 2.24) is 35.0 Å². The van der Waals surface area contributed by atoms with E-state index in [1.807, 2.05) is 0 Å². The second-order valence-corrected chi connectivity index (χ2v) is 7.60. The SMILES string of the molecule is O=C(NC1CCC(C2(O)CC2)CC1)c1nc(-n2ccnc2)nc2cn[nH]c12.